The minimum absolute atomic E-state index is 0.751. The quantitative estimate of drug-likeness (QED) is 0.814. The normalized spacial score (nSPS) is 20.7. The van der Waals surface area contributed by atoms with Crippen LogP contribution < -0.4 is 10.6 Å². The summed E-state index contributed by atoms with van der Waals surface area (Å²) in [5, 5.41) is 6.87. The van der Waals surface area contributed by atoms with Crippen LogP contribution in [0, 0.1) is 5.92 Å². The Kier molecular flexibility index (Phi) is 4.17. The van der Waals surface area contributed by atoms with E-state index < -0.39 is 0 Å². The van der Waals surface area contributed by atoms with Crippen molar-refractivity contribution in [3.05, 3.63) is 23.9 Å². The van der Waals surface area contributed by atoms with Gasteiger partial charge in [-0.05, 0) is 56.0 Å². The fourth-order valence-electron chi connectivity index (χ4n) is 2.14. The molecule has 1 aromatic rings. The first-order valence-electron chi connectivity index (χ1n) is 6.28. The molecular weight excluding hydrogens is 198 g/mol. The molecule has 0 amide bonds. The fraction of sp³-hybridized carbons (Fsp3) is 0.615. The Morgan fingerprint density at radius 1 is 1.56 bits per heavy atom. The smallest absolute Gasteiger partial charge is 0.126 e. The van der Waals surface area contributed by atoms with Gasteiger partial charge in [0, 0.05) is 12.7 Å². The van der Waals surface area contributed by atoms with Crippen LogP contribution in [0.1, 0.15) is 25.3 Å². The number of aromatic nitrogens is 1. The van der Waals surface area contributed by atoms with Gasteiger partial charge in [-0.1, -0.05) is 6.92 Å². The predicted octanol–water partition coefficient (Wildman–Crippen LogP) is 2.06. The van der Waals surface area contributed by atoms with Crippen molar-refractivity contribution in [1.29, 1.82) is 0 Å². The summed E-state index contributed by atoms with van der Waals surface area (Å²) in [5.41, 5.74) is 1.35. The van der Waals surface area contributed by atoms with Crippen molar-refractivity contribution >= 4 is 5.82 Å². The molecule has 1 aromatic heterocycles. The Labute approximate surface area is 97.7 Å². The number of rotatable bonds is 4. The highest BCUT2D eigenvalue weighted by Gasteiger charge is 2.12. The lowest BCUT2D eigenvalue weighted by Crippen LogP contribution is -2.33. The minimum atomic E-state index is 0.751. The van der Waals surface area contributed by atoms with Gasteiger partial charge in [0.25, 0.3) is 0 Å². The third-order valence-electron chi connectivity index (χ3n) is 3.20. The van der Waals surface area contributed by atoms with E-state index in [1.165, 1.54) is 24.9 Å². The van der Waals surface area contributed by atoms with Crippen LogP contribution in [0.5, 0.6) is 0 Å². The highest BCUT2D eigenvalue weighted by Crippen LogP contribution is 2.12. The molecule has 0 spiro atoms. The predicted molar refractivity (Wildman–Crippen MR) is 67.7 cm³/mol. The molecule has 1 unspecified atom stereocenters. The first-order valence-corrected chi connectivity index (χ1v) is 6.28. The Balaban J connectivity index is 1.83. The molecule has 88 valence electrons. The minimum Gasteiger partial charge on any atom is -0.370 e. The van der Waals surface area contributed by atoms with Crippen LogP contribution in [-0.2, 0) is 6.42 Å². The van der Waals surface area contributed by atoms with Crippen molar-refractivity contribution in [2.45, 2.75) is 26.2 Å². The molecule has 16 heavy (non-hydrogen) atoms. The standard InChI is InChI=1S/C13H21N3/c1-2-11-5-7-15-13(8-11)16-10-12-4-3-6-14-9-12/h5,7-8,12,14H,2-4,6,9-10H2,1H3,(H,15,16). The highest BCUT2D eigenvalue weighted by atomic mass is 15.0. The van der Waals surface area contributed by atoms with Gasteiger partial charge in [-0.3, -0.25) is 0 Å². The van der Waals surface area contributed by atoms with Gasteiger partial charge in [0.05, 0.1) is 0 Å². The third-order valence-corrected chi connectivity index (χ3v) is 3.20. The molecule has 2 rings (SSSR count). The first kappa shape index (κ1) is 11.4. The van der Waals surface area contributed by atoms with E-state index in [-0.39, 0.29) is 0 Å². The van der Waals surface area contributed by atoms with Gasteiger partial charge in [-0.25, -0.2) is 4.98 Å². The van der Waals surface area contributed by atoms with Crippen molar-refractivity contribution in [3.63, 3.8) is 0 Å². The summed E-state index contributed by atoms with van der Waals surface area (Å²) in [6, 6.07) is 4.23. The van der Waals surface area contributed by atoms with Crippen molar-refractivity contribution in [3.8, 4) is 0 Å². The number of nitrogens with zero attached hydrogens (tertiary/aromatic N) is 1. The maximum atomic E-state index is 4.34. The Morgan fingerprint density at radius 2 is 2.50 bits per heavy atom. The van der Waals surface area contributed by atoms with E-state index in [9.17, 15) is 0 Å². The number of aryl methyl sites for hydroxylation is 1. The van der Waals surface area contributed by atoms with Gasteiger partial charge < -0.3 is 10.6 Å². The van der Waals surface area contributed by atoms with Gasteiger partial charge in [0.2, 0.25) is 0 Å². The molecular formula is C13H21N3. The van der Waals surface area contributed by atoms with Crippen molar-refractivity contribution in [2.75, 3.05) is 25.0 Å². The molecule has 0 bridgehead atoms. The van der Waals surface area contributed by atoms with Crippen LogP contribution in [0.4, 0.5) is 5.82 Å². The molecule has 2 heterocycles. The number of nitrogens with one attached hydrogen (secondary N) is 2. The molecule has 1 saturated heterocycles. The third kappa shape index (κ3) is 3.20. The van der Waals surface area contributed by atoms with E-state index in [4.69, 9.17) is 0 Å². The molecule has 0 aromatic carbocycles. The molecule has 0 saturated carbocycles. The summed E-state index contributed by atoms with van der Waals surface area (Å²) in [5.74, 6) is 1.77. The second-order valence-corrected chi connectivity index (χ2v) is 4.50. The lowest BCUT2D eigenvalue weighted by molar-refractivity contribution is 0.392. The number of hydrogen-bond acceptors (Lipinski definition) is 3. The summed E-state index contributed by atoms with van der Waals surface area (Å²) in [6.45, 7) is 5.53. The zero-order chi connectivity index (χ0) is 11.2. The number of anilines is 1. The maximum Gasteiger partial charge on any atom is 0.126 e. The number of piperidine rings is 1. The summed E-state index contributed by atoms with van der Waals surface area (Å²) in [7, 11) is 0. The molecule has 1 aliphatic heterocycles. The van der Waals surface area contributed by atoms with E-state index in [2.05, 4.69) is 34.7 Å². The lowest BCUT2D eigenvalue weighted by atomic mass is 10.00. The zero-order valence-electron chi connectivity index (χ0n) is 10.00. The van der Waals surface area contributed by atoms with Gasteiger partial charge in [0.15, 0.2) is 0 Å². The molecule has 1 fully saturated rings. The average Bonchev–Trinajstić information content (AvgIpc) is 2.38. The topological polar surface area (TPSA) is 37.0 Å². The fourth-order valence-corrected chi connectivity index (χ4v) is 2.14. The van der Waals surface area contributed by atoms with E-state index in [0.29, 0.717) is 0 Å². The first-order chi connectivity index (χ1) is 7.88. The van der Waals surface area contributed by atoms with E-state index in [1.54, 1.807) is 0 Å². The second-order valence-electron chi connectivity index (χ2n) is 4.50. The Morgan fingerprint density at radius 3 is 3.25 bits per heavy atom. The van der Waals surface area contributed by atoms with E-state index in [0.717, 1.165) is 31.2 Å². The van der Waals surface area contributed by atoms with Gasteiger partial charge in [-0.15, -0.1) is 0 Å². The van der Waals surface area contributed by atoms with Crippen molar-refractivity contribution in [2.24, 2.45) is 5.92 Å². The Bertz CT molecular complexity index is 319. The molecule has 1 atom stereocenters. The van der Waals surface area contributed by atoms with Crippen LogP contribution >= 0.6 is 0 Å². The van der Waals surface area contributed by atoms with Gasteiger partial charge >= 0.3 is 0 Å². The average molecular weight is 219 g/mol. The molecule has 0 aliphatic carbocycles. The number of pyridine rings is 1. The maximum absolute atomic E-state index is 4.34. The summed E-state index contributed by atoms with van der Waals surface area (Å²) in [4.78, 5) is 4.34. The molecule has 0 radical (unpaired) electrons. The van der Waals surface area contributed by atoms with Crippen LogP contribution in [0.2, 0.25) is 0 Å². The Hall–Kier alpha value is -1.09. The van der Waals surface area contributed by atoms with Crippen LogP contribution in [0.25, 0.3) is 0 Å². The molecule has 2 N–H and O–H groups in total. The monoisotopic (exact) mass is 219 g/mol. The van der Waals surface area contributed by atoms with E-state index >= 15 is 0 Å². The zero-order valence-corrected chi connectivity index (χ0v) is 10.00. The second kappa shape index (κ2) is 5.85. The summed E-state index contributed by atoms with van der Waals surface area (Å²) < 4.78 is 0. The highest BCUT2D eigenvalue weighted by molar-refractivity contribution is 5.37. The number of hydrogen-bond donors (Lipinski definition) is 2. The van der Waals surface area contributed by atoms with Gasteiger partial charge in [0.1, 0.15) is 5.82 Å². The largest absolute Gasteiger partial charge is 0.370 e. The van der Waals surface area contributed by atoms with Crippen molar-refractivity contribution < 1.29 is 0 Å². The van der Waals surface area contributed by atoms with Crippen LogP contribution in [0.15, 0.2) is 18.3 Å². The van der Waals surface area contributed by atoms with Crippen LogP contribution in [0.3, 0.4) is 0 Å². The summed E-state index contributed by atoms with van der Waals surface area (Å²) >= 11 is 0. The summed E-state index contributed by atoms with van der Waals surface area (Å²) in [6.07, 6.45) is 5.59. The van der Waals surface area contributed by atoms with E-state index in [1.807, 2.05) is 6.20 Å². The lowest BCUT2D eigenvalue weighted by Gasteiger charge is -2.23. The molecule has 3 heteroatoms. The molecule has 1 aliphatic rings. The van der Waals surface area contributed by atoms with Crippen molar-refractivity contribution in [1.82, 2.24) is 10.3 Å². The van der Waals surface area contributed by atoms with Crippen LogP contribution in [-0.4, -0.2) is 24.6 Å². The van der Waals surface area contributed by atoms with Gasteiger partial charge in [-0.2, -0.15) is 0 Å². The SMILES string of the molecule is CCc1ccnc(NCC2CCCNC2)c1. The molecule has 3 nitrogen and oxygen atoms in total.